The minimum Gasteiger partial charge on any atom is -0.444 e. The van der Waals surface area contributed by atoms with Gasteiger partial charge in [-0.15, -0.1) is 0 Å². The van der Waals surface area contributed by atoms with Gasteiger partial charge in [0.25, 0.3) is 0 Å². The molecule has 0 saturated carbocycles. The molecule has 4 nitrogen and oxygen atoms in total. The number of hydrogen-bond donors (Lipinski definition) is 0. The largest absolute Gasteiger partial charge is 0.444 e. The lowest BCUT2D eigenvalue weighted by molar-refractivity contribution is -0.130. The van der Waals surface area contributed by atoms with Crippen LogP contribution in [0, 0.1) is 5.92 Å². The minimum absolute atomic E-state index is 0.00271. The summed E-state index contributed by atoms with van der Waals surface area (Å²) in [6.45, 7) is 9.29. The van der Waals surface area contributed by atoms with Crippen LogP contribution < -0.4 is 0 Å². The van der Waals surface area contributed by atoms with Gasteiger partial charge < -0.3 is 4.74 Å². The first-order valence-corrected chi connectivity index (χ1v) is 13.1. The molecule has 1 heterocycles. The van der Waals surface area contributed by atoms with Crippen molar-refractivity contribution in [1.29, 1.82) is 0 Å². The van der Waals surface area contributed by atoms with Crippen LogP contribution in [0.15, 0.2) is 30.3 Å². The van der Waals surface area contributed by atoms with Gasteiger partial charge in [-0.2, -0.15) is 0 Å². The van der Waals surface area contributed by atoms with Gasteiger partial charge in [0.15, 0.2) is 0 Å². The molecule has 25 heavy (non-hydrogen) atoms. The quantitative estimate of drug-likeness (QED) is 0.637. The first-order valence-electron chi connectivity index (χ1n) is 9.35. The summed E-state index contributed by atoms with van der Waals surface area (Å²) in [6.07, 6.45) is 3.05. The molecule has 138 valence electrons. The maximum absolute atomic E-state index is 12.6. The zero-order valence-electron chi connectivity index (χ0n) is 16.0. The molecule has 2 rings (SSSR count). The lowest BCUT2D eigenvalue weighted by atomic mass is 10.0. The Kier molecular flexibility index (Phi) is 6.82. The van der Waals surface area contributed by atoms with Gasteiger partial charge in [0.1, 0.15) is 6.61 Å². The molecule has 0 N–H and O–H groups in total. The molecule has 1 aromatic rings. The van der Waals surface area contributed by atoms with Gasteiger partial charge in [0.2, 0.25) is 5.91 Å². The third-order valence-corrected chi connectivity index (χ3v) is 6.72. The molecular weight excluding hydrogens is 330 g/mol. The van der Waals surface area contributed by atoms with E-state index in [-0.39, 0.29) is 24.5 Å². The van der Waals surface area contributed by atoms with Gasteiger partial charge in [-0.25, -0.2) is 9.69 Å². The van der Waals surface area contributed by atoms with E-state index in [1.165, 1.54) is 10.9 Å². The third kappa shape index (κ3) is 5.70. The topological polar surface area (TPSA) is 46.6 Å². The second-order valence-electron chi connectivity index (χ2n) is 8.20. The minimum atomic E-state index is -1.10. The molecule has 1 saturated heterocycles. The fourth-order valence-electron chi connectivity index (χ4n) is 3.40. The number of rotatable bonds is 7. The molecular formula is C20H31NO3Si. The number of ether oxygens (including phenoxy) is 1. The van der Waals surface area contributed by atoms with Crippen molar-refractivity contribution in [2.45, 2.75) is 70.9 Å². The maximum Gasteiger partial charge on any atom is 0.417 e. The van der Waals surface area contributed by atoms with Gasteiger partial charge in [-0.3, -0.25) is 4.79 Å². The van der Waals surface area contributed by atoms with Crippen LogP contribution in [0.4, 0.5) is 4.79 Å². The predicted octanol–water partition coefficient (Wildman–Crippen LogP) is 5.07. The molecule has 0 spiro atoms. The molecule has 2 amide bonds. The summed E-state index contributed by atoms with van der Waals surface area (Å²) >= 11 is 0. The van der Waals surface area contributed by atoms with Gasteiger partial charge >= 0.3 is 6.09 Å². The highest BCUT2D eigenvalue weighted by Crippen LogP contribution is 2.31. The highest BCUT2D eigenvalue weighted by Gasteiger charge is 2.42. The molecule has 0 radical (unpaired) electrons. The monoisotopic (exact) mass is 361 g/mol. The summed E-state index contributed by atoms with van der Waals surface area (Å²) in [6, 6.07) is 10.8. The Balaban J connectivity index is 1.97. The maximum atomic E-state index is 12.6. The second kappa shape index (κ2) is 8.65. The van der Waals surface area contributed by atoms with Crippen molar-refractivity contribution in [2.24, 2.45) is 5.92 Å². The summed E-state index contributed by atoms with van der Waals surface area (Å²) in [7, 11) is -1.10. The SMILES string of the molecule is CCC1CC(CCC[Si](C)(C)C)N(C(=O)OCc2ccccc2)C1=O. The Morgan fingerprint density at radius 1 is 1.24 bits per heavy atom. The zero-order chi connectivity index (χ0) is 18.4. The average Bonchev–Trinajstić information content (AvgIpc) is 2.88. The Labute approximate surface area is 152 Å². The number of benzene rings is 1. The molecule has 0 aromatic heterocycles. The van der Waals surface area contributed by atoms with Crippen LogP contribution in [0.5, 0.6) is 0 Å². The number of hydrogen-bond acceptors (Lipinski definition) is 3. The molecule has 1 aromatic carbocycles. The summed E-state index contributed by atoms with van der Waals surface area (Å²) in [5, 5.41) is 0. The van der Waals surface area contributed by atoms with Crippen molar-refractivity contribution in [2.75, 3.05) is 0 Å². The van der Waals surface area contributed by atoms with E-state index in [0.717, 1.165) is 31.2 Å². The number of nitrogens with zero attached hydrogens (tertiary/aromatic N) is 1. The lowest BCUT2D eigenvalue weighted by Gasteiger charge is -2.23. The zero-order valence-corrected chi connectivity index (χ0v) is 17.0. The molecule has 0 aliphatic carbocycles. The standard InChI is InChI=1S/C20H31NO3Si/c1-5-17-14-18(12-9-13-25(2,3)4)21(19(17)22)20(23)24-15-16-10-7-6-8-11-16/h6-8,10-11,17-18H,5,9,12-15H2,1-4H3. The third-order valence-electron chi connectivity index (χ3n) is 4.87. The molecule has 5 heteroatoms. The summed E-state index contributed by atoms with van der Waals surface area (Å²) in [5.41, 5.74) is 0.935. The Morgan fingerprint density at radius 3 is 2.52 bits per heavy atom. The normalized spacial score (nSPS) is 20.8. The molecule has 1 aliphatic rings. The van der Waals surface area contributed by atoms with E-state index in [9.17, 15) is 9.59 Å². The van der Waals surface area contributed by atoms with Crippen LogP contribution in [0.3, 0.4) is 0 Å². The van der Waals surface area contributed by atoms with Crippen LogP contribution in [0.2, 0.25) is 25.7 Å². The van der Waals surface area contributed by atoms with Crippen molar-refractivity contribution >= 4 is 20.1 Å². The van der Waals surface area contributed by atoms with Gasteiger partial charge in [-0.05, 0) is 24.8 Å². The van der Waals surface area contributed by atoms with Crippen molar-refractivity contribution < 1.29 is 14.3 Å². The number of carbonyl (C=O) groups is 2. The number of carbonyl (C=O) groups excluding carboxylic acids is 2. The van der Waals surface area contributed by atoms with Gasteiger partial charge in [0, 0.05) is 20.0 Å². The molecule has 1 aliphatic heterocycles. The summed E-state index contributed by atoms with van der Waals surface area (Å²) in [4.78, 5) is 26.6. The van der Waals surface area contributed by atoms with Crippen LogP contribution in [0.25, 0.3) is 0 Å². The molecule has 0 bridgehead atoms. The van der Waals surface area contributed by atoms with Crippen LogP contribution in [-0.4, -0.2) is 31.0 Å². The average molecular weight is 362 g/mol. The Morgan fingerprint density at radius 2 is 1.92 bits per heavy atom. The fraction of sp³-hybridized carbons (Fsp3) is 0.600. The number of amides is 2. The van der Waals surface area contributed by atoms with Crippen molar-refractivity contribution in [3.63, 3.8) is 0 Å². The smallest absolute Gasteiger partial charge is 0.417 e. The Bertz CT molecular complexity index is 582. The highest BCUT2D eigenvalue weighted by atomic mass is 28.3. The van der Waals surface area contributed by atoms with Crippen LogP contribution >= 0.6 is 0 Å². The van der Waals surface area contributed by atoms with Gasteiger partial charge in [0.05, 0.1) is 0 Å². The number of imide groups is 1. The summed E-state index contributed by atoms with van der Waals surface area (Å²) < 4.78 is 5.43. The predicted molar refractivity (Wildman–Crippen MR) is 103 cm³/mol. The first kappa shape index (κ1) is 19.7. The van der Waals surface area contributed by atoms with Crippen LogP contribution in [-0.2, 0) is 16.1 Å². The van der Waals surface area contributed by atoms with E-state index in [0.29, 0.717) is 0 Å². The van der Waals surface area contributed by atoms with E-state index >= 15 is 0 Å². The highest BCUT2D eigenvalue weighted by molar-refractivity contribution is 6.76. The molecule has 2 atom stereocenters. The van der Waals surface area contributed by atoms with E-state index in [1.54, 1.807) is 0 Å². The lowest BCUT2D eigenvalue weighted by Crippen LogP contribution is -2.40. The van der Waals surface area contributed by atoms with E-state index in [1.807, 2.05) is 37.3 Å². The molecule has 2 unspecified atom stereocenters. The van der Waals surface area contributed by atoms with Gasteiger partial charge in [-0.1, -0.05) is 69.4 Å². The fourth-order valence-corrected chi connectivity index (χ4v) is 4.66. The van der Waals surface area contributed by atoms with Crippen molar-refractivity contribution in [3.8, 4) is 0 Å². The van der Waals surface area contributed by atoms with E-state index < -0.39 is 14.2 Å². The van der Waals surface area contributed by atoms with Crippen molar-refractivity contribution in [1.82, 2.24) is 4.90 Å². The molecule has 1 fully saturated rings. The first-order chi connectivity index (χ1) is 11.8. The Hall–Kier alpha value is -1.62. The second-order valence-corrected chi connectivity index (χ2v) is 13.8. The summed E-state index contributed by atoms with van der Waals surface area (Å²) in [5.74, 6) is -0.0975. The van der Waals surface area contributed by atoms with Crippen LogP contribution in [0.1, 0.15) is 38.2 Å². The van der Waals surface area contributed by atoms with Crippen molar-refractivity contribution in [3.05, 3.63) is 35.9 Å². The number of likely N-dealkylation sites (tertiary alicyclic amines) is 1. The van der Waals surface area contributed by atoms with E-state index in [4.69, 9.17) is 4.74 Å². The van der Waals surface area contributed by atoms with E-state index in [2.05, 4.69) is 19.6 Å².